The summed E-state index contributed by atoms with van der Waals surface area (Å²) in [5.41, 5.74) is 0. The second-order valence-corrected chi connectivity index (χ2v) is 2.99. The molecule has 2 heteroatoms. The molecule has 54 valence electrons. The summed E-state index contributed by atoms with van der Waals surface area (Å²) in [5, 5.41) is 6.32. The van der Waals surface area contributed by atoms with Crippen LogP contribution in [-0.2, 0) is 0 Å². The predicted molar refractivity (Wildman–Crippen MR) is 41.9 cm³/mol. The van der Waals surface area contributed by atoms with Crippen molar-refractivity contribution in [3.63, 3.8) is 0 Å². The number of hydrogen-bond acceptors (Lipinski definition) is 2. The number of allylic oxidation sites excluding steroid dienone is 1. The number of hydrogen-bond donors (Lipinski definition) is 0. The summed E-state index contributed by atoms with van der Waals surface area (Å²) in [6.45, 7) is 0. The first-order valence-electron chi connectivity index (χ1n) is 3.81. The Bertz CT molecular complexity index is 184. The molecule has 0 N–H and O–H groups in total. The number of nitrogens with zero attached hydrogens (tertiary/aromatic N) is 2. The fraction of sp³-hybridized carbons (Fsp3) is 0.625. The third-order valence-electron chi connectivity index (χ3n) is 2.33. The minimum atomic E-state index is 0.596. The van der Waals surface area contributed by atoms with E-state index in [-0.39, 0.29) is 0 Å². The standard InChI is InChI=1S/C8H12N2/c1-10-8-5-3-2-4-7(8)6-9-10/h2,4,6-8H,3,5H2,1H3/t7-,8-/m0/s1. The first kappa shape index (κ1) is 5.96. The van der Waals surface area contributed by atoms with Gasteiger partial charge in [-0.2, -0.15) is 5.10 Å². The van der Waals surface area contributed by atoms with E-state index in [4.69, 9.17) is 0 Å². The van der Waals surface area contributed by atoms with Crippen molar-refractivity contribution in [2.75, 3.05) is 7.05 Å². The lowest BCUT2D eigenvalue weighted by atomic mass is 9.92. The Labute approximate surface area is 61.2 Å². The van der Waals surface area contributed by atoms with Gasteiger partial charge < -0.3 is 0 Å². The molecule has 2 aliphatic rings. The van der Waals surface area contributed by atoms with Crippen LogP contribution in [0.2, 0.25) is 0 Å². The highest BCUT2D eigenvalue weighted by atomic mass is 15.5. The smallest absolute Gasteiger partial charge is 0.0583 e. The Morgan fingerprint density at radius 2 is 2.50 bits per heavy atom. The zero-order valence-electron chi connectivity index (χ0n) is 6.20. The largest absolute Gasteiger partial charge is 0.296 e. The fourth-order valence-electron chi connectivity index (χ4n) is 1.69. The monoisotopic (exact) mass is 136 g/mol. The van der Waals surface area contributed by atoms with Gasteiger partial charge in [-0.15, -0.1) is 0 Å². The summed E-state index contributed by atoms with van der Waals surface area (Å²) in [6, 6.07) is 0.657. The molecule has 0 saturated carbocycles. The molecular formula is C8H12N2. The van der Waals surface area contributed by atoms with E-state index in [9.17, 15) is 0 Å². The Hall–Kier alpha value is -0.790. The van der Waals surface area contributed by atoms with Crippen LogP contribution in [0.4, 0.5) is 0 Å². The first-order chi connectivity index (χ1) is 4.88. The van der Waals surface area contributed by atoms with Crippen LogP contribution in [0.15, 0.2) is 17.3 Å². The highest BCUT2D eigenvalue weighted by molar-refractivity contribution is 5.66. The minimum Gasteiger partial charge on any atom is -0.296 e. The van der Waals surface area contributed by atoms with Crippen molar-refractivity contribution in [3.05, 3.63) is 12.2 Å². The molecule has 2 rings (SSSR count). The maximum atomic E-state index is 4.24. The van der Waals surface area contributed by atoms with Crippen molar-refractivity contribution in [2.45, 2.75) is 18.9 Å². The summed E-state index contributed by atoms with van der Waals surface area (Å²) >= 11 is 0. The topological polar surface area (TPSA) is 15.6 Å². The highest BCUT2D eigenvalue weighted by Gasteiger charge is 2.27. The maximum Gasteiger partial charge on any atom is 0.0583 e. The van der Waals surface area contributed by atoms with Crippen LogP contribution >= 0.6 is 0 Å². The van der Waals surface area contributed by atoms with E-state index < -0.39 is 0 Å². The van der Waals surface area contributed by atoms with E-state index in [0.717, 1.165) is 0 Å². The van der Waals surface area contributed by atoms with Crippen LogP contribution in [0.1, 0.15) is 12.8 Å². The Morgan fingerprint density at radius 1 is 1.60 bits per heavy atom. The van der Waals surface area contributed by atoms with E-state index in [2.05, 4.69) is 29.3 Å². The van der Waals surface area contributed by atoms with Crippen molar-refractivity contribution in [3.8, 4) is 0 Å². The summed E-state index contributed by atoms with van der Waals surface area (Å²) in [6.07, 6.45) is 9.04. The SMILES string of the molecule is CN1N=C[C@@H]2C=CCC[C@@H]21. The molecule has 1 heterocycles. The van der Waals surface area contributed by atoms with Crippen molar-refractivity contribution in [1.29, 1.82) is 0 Å². The second-order valence-electron chi connectivity index (χ2n) is 2.99. The highest BCUT2D eigenvalue weighted by Crippen LogP contribution is 2.25. The molecule has 1 aliphatic carbocycles. The van der Waals surface area contributed by atoms with E-state index in [1.165, 1.54) is 12.8 Å². The van der Waals surface area contributed by atoms with E-state index in [0.29, 0.717) is 12.0 Å². The zero-order chi connectivity index (χ0) is 6.97. The molecular weight excluding hydrogens is 124 g/mol. The van der Waals surface area contributed by atoms with E-state index in [1.54, 1.807) is 0 Å². The molecule has 0 aromatic carbocycles. The van der Waals surface area contributed by atoms with Gasteiger partial charge in [0.05, 0.1) is 6.04 Å². The Kier molecular flexibility index (Phi) is 1.26. The van der Waals surface area contributed by atoms with Crippen LogP contribution in [0, 0.1) is 5.92 Å². The molecule has 0 amide bonds. The van der Waals surface area contributed by atoms with Gasteiger partial charge in [0.1, 0.15) is 0 Å². The average Bonchev–Trinajstić information content (AvgIpc) is 2.34. The third kappa shape index (κ3) is 0.753. The van der Waals surface area contributed by atoms with Crippen LogP contribution in [0.3, 0.4) is 0 Å². The van der Waals surface area contributed by atoms with Crippen LogP contribution in [0.5, 0.6) is 0 Å². The van der Waals surface area contributed by atoms with Crippen molar-refractivity contribution >= 4 is 6.21 Å². The predicted octanol–water partition coefficient (Wildman–Crippen LogP) is 1.25. The van der Waals surface area contributed by atoms with Crippen molar-refractivity contribution in [2.24, 2.45) is 11.0 Å². The van der Waals surface area contributed by atoms with Crippen LogP contribution < -0.4 is 0 Å². The van der Waals surface area contributed by atoms with Gasteiger partial charge in [0, 0.05) is 19.2 Å². The maximum absolute atomic E-state index is 4.24. The Morgan fingerprint density at radius 3 is 3.30 bits per heavy atom. The normalized spacial score (nSPS) is 36.7. The lowest BCUT2D eigenvalue weighted by molar-refractivity contribution is 0.245. The fourth-order valence-corrected chi connectivity index (χ4v) is 1.69. The van der Waals surface area contributed by atoms with Gasteiger partial charge in [0.2, 0.25) is 0 Å². The molecule has 0 aromatic heterocycles. The summed E-state index contributed by atoms with van der Waals surface area (Å²) in [4.78, 5) is 0. The quantitative estimate of drug-likeness (QED) is 0.458. The Balaban J connectivity index is 2.18. The molecule has 0 saturated heterocycles. The van der Waals surface area contributed by atoms with Crippen LogP contribution in [0.25, 0.3) is 0 Å². The second kappa shape index (κ2) is 2.11. The lowest BCUT2D eigenvalue weighted by Crippen LogP contribution is -2.29. The first-order valence-corrected chi connectivity index (χ1v) is 3.81. The molecule has 0 bridgehead atoms. The van der Waals surface area contributed by atoms with Crippen molar-refractivity contribution < 1.29 is 0 Å². The van der Waals surface area contributed by atoms with E-state index in [1.807, 2.05) is 6.21 Å². The average molecular weight is 136 g/mol. The zero-order valence-corrected chi connectivity index (χ0v) is 6.20. The lowest BCUT2D eigenvalue weighted by Gasteiger charge is -2.24. The molecule has 2 nitrogen and oxygen atoms in total. The molecule has 2 atom stereocenters. The third-order valence-corrected chi connectivity index (χ3v) is 2.33. The molecule has 1 aliphatic heterocycles. The molecule has 0 spiro atoms. The minimum absolute atomic E-state index is 0.596. The number of fused-ring (bicyclic) bond motifs is 1. The van der Waals surface area contributed by atoms with Gasteiger partial charge >= 0.3 is 0 Å². The molecule has 10 heavy (non-hydrogen) atoms. The van der Waals surface area contributed by atoms with Gasteiger partial charge in [0.25, 0.3) is 0 Å². The molecule has 0 fully saturated rings. The van der Waals surface area contributed by atoms with Gasteiger partial charge in [-0.3, -0.25) is 5.01 Å². The van der Waals surface area contributed by atoms with Crippen molar-refractivity contribution in [1.82, 2.24) is 5.01 Å². The summed E-state index contributed by atoms with van der Waals surface area (Å²) in [5.74, 6) is 0.596. The number of hydrazone groups is 1. The summed E-state index contributed by atoms with van der Waals surface area (Å²) in [7, 11) is 2.06. The van der Waals surface area contributed by atoms with Gasteiger partial charge in [-0.25, -0.2) is 0 Å². The molecule has 0 radical (unpaired) electrons. The number of rotatable bonds is 0. The van der Waals surface area contributed by atoms with Crippen LogP contribution in [-0.4, -0.2) is 24.3 Å². The van der Waals surface area contributed by atoms with Gasteiger partial charge in [-0.1, -0.05) is 12.2 Å². The van der Waals surface area contributed by atoms with Gasteiger partial charge in [-0.05, 0) is 12.8 Å². The molecule has 0 unspecified atom stereocenters. The molecule has 0 aromatic rings. The van der Waals surface area contributed by atoms with E-state index >= 15 is 0 Å². The summed E-state index contributed by atoms with van der Waals surface area (Å²) < 4.78 is 0. The van der Waals surface area contributed by atoms with Gasteiger partial charge in [0.15, 0.2) is 0 Å².